The van der Waals surface area contributed by atoms with E-state index in [-0.39, 0.29) is 6.04 Å². The van der Waals surface area contributed by atoms with Crippen LogP contribution >= 0.6 is 39.1 Å². The van der Waals surface area contributed by atoms with E-state index in [2.05, 4.69) is 40.4 Å². The average Bonchev–Trinajstić information content (AvgIpc) is 2.39. The number of benzene rings is 2. The summed E-state index contributed by atoms with van der Waals surface area (Å²) in [6.45, 7) is 2.06. The highest BCUT2D eigenvalue weighted by atomic mass is 79.9. The molecular weight excluding hydrogens is 359 g/mol. The van der Waals surface area contributed by atoms with Gasteiger partial charge in [-0.3, -0.25) is 11.3 Å². The molecule has 0 aromatic heterocycles. The minimum atomic E-state index is 0.00164. The average molecular weight is 374 g/mol. The Morgan fingerprint density at radius 1 is 1.20 bits per heavy atom. The van der Waals surface area contributed by atoms with Crippen molar-refractivity contribution >= 4 is 39.1 Å². The summed E-state index contributed by atoms with van der Waals surface area (Å²) in [4.78, 5) is 0. The third-order valence-corrected chi connectivity index (χ3v) is 4.33. The molecule has 2 aromatic carbocycles. The summed E-state index contributed by atoms with van der Waals surface area (Å²) in [5.41, 5.74) is 6.21. The fourth-order valence-corrected chi connectivity index (χ4v) is 3.16. The number of hydrogen-bond acceptors (Lipinski definition) is 2. The van der Waals surface area contributed by atoms with E-state index in [1.54, 1.807) is 6.07 Å². The van der Waals surface area contributed by atoms with Crippen LogP contribution in [-0.2, 0) is 6.42 Å². The van der Waals surface area contributed by atoms with Crippen molar-refractivity contribution in [2.45, 2.75) is 19.4 Å². The number of nitrogens with one attached hydrogen (secondary N) is 1. The van der Waals surface area contributed by atoms with E-state index in [0.717, 1.165) is 15.6 Å². The lowest BCUT2D eigenvalue weighted by Crippen LogP contribution is -2.30. The molecule has 0 fully saturated rings. The van der Waals surface area contributed by atoms with Crippen LogP contribution in [0.3, 0.4) is 0 Å². The molecule has 0 heterocycles. The molecule has 2 rings (SSSR count). The van der Waals surface area contributed by atoms with Gasteiger partial charge in [-0.2, -0.15) is 0 Å². The Labute approximate surface area is 137 Å². The van der Waals surface area contributed by atoms with Crippen LogP contribution in [0.4, 0.5) is 0 Å². The smallest absolute Gasteiger partial charge is 0.0503 e. The van der Waals surface area contributed by atoms with Crippen LogP contribution in [0.1, 0.15) is 22.7 Å². The Bertz CT molecular complexity index is 617. The predicted octanol–water partition coefficient (Wildman–Crippen LogP) is 4.81. The van der Waals surface area contributed by atoms with Crippen molar-refractivity contribution < 1.29 is 0 Å². The van der Waals surface area contributed by atoms with Crippen LogP contribution in [0.25, 0.3) is 0 Å². The maximum Gasteiger partial charge on any atom is 0.0503 e. The zero-order chi connectivity index (χ0) is 14.7. The Hall–Kier alpha value is -0.580. The first-order valence-electron chi connectivity index (χ1n) is 6.17. The quantitative estimate of drug-likeness (QED) is 0.596. The van der Waals surface area contributed by atoms with Crippen molar-refractivity contribution in [2.24, 2.45) is 5.84 Å². The molecule has 0 saturated carbocycles. The second kappa shape index (κ2) is 6.92. The highest BCUT2D eigenvalue weighted by Crippen LogP contribution is 2.28. The van der Waals surface area contributed by atoms with Crippen molar-refractivity contribution in [3.05, 3.63) is 67.6 Å². The molecule has 1 unspecified atom stereocenters. The topological polar surface area (TPSA) is 38.0 Å². The van der Waals surface area contributed by atoms with Crippen LogP contribution in [0.5, 0.6) is 0 Å². The maximum absolute atomic E-state index is 6.22. The number of hydrazine groups is 1. The zero-order valence-corrected chi connectivity index (χ0v) is 14.1. The van der Waals surface area contributed by atoms with Crippen molar-refractivity contribution in [1.29, 1.82) is 0 Å². The van der Waals surface area contributed by atoms with E-state index < -0.39 is 0 Å². The Morgan fingerprint density at radius 2 is 1.95 bits per heavy atom. The van der Waals surface area contributed by atoms with Gasteiger partial charge in [0.05, 0.1) is 6.04 Å². The standard InChI is InChI=1S/C15H15BrCl2N2/c1-9-6-11(16)3-5-13(9)15(20-19)7-10-2-4-12(17)8-14(10)18/h2-6,8,15,20H,7,19H2,1H3. The molecule has 0 spiro atoms. The third kappa shape index (κ3) is 3.74. The van der Waals surface area contributed by atoms with Crippen molar-refractivity contribution in [3.8, 4) is 0 Å². The second-order valence-electron chi connectivity index (χ2n) is 4.66. The summed E-state index contributed by atoms with van der Waals surface area (Å²) in [6.07, 6.45) is 0.703. The molecular formula is C15H15BrCl2N2. The number of aryl methyl sites for hydroxylation is 1. The monoisotopic (exact) mass is 372 g/mol. The van der Waals surface area contributed by atoms with Gasteiger partial charge in [-0.25, -0.2) is 0 Å². The Balaban J connectivity index is 2.28. The minimum absolute atomic E-state index is 0.00164. The van der Waals surface area contributed by atoms with Gasteiger partial charge in [0.1, 0.15) is 0 Å². The molecule has 106 valence electrons. The summed E-state index contributed by atoms with van der Waals surface area (Å²) in [5.74, 6) is 5.71. The van der Waals surface area contributed by atoms with Gasteiger partial charge in [-0.1, -0.05) is 51.3 Å². The lowest BCUT2D eigenvalue weighted by Gasteiger charge is -2.19. The SMILES string of the molecule is Cc1cc(Br)ccc1C(Cc1ccc(Cl)cc1Cl)NN. The van der Waals surface area contributed by atoms with Gasteiger partial charge < -0.3 is 0 Å². The second-order valence-corrected chi connectivity index (χ2v) is 6.42. The lowest BCUT2D eigenvalue weighted by atomic mass is 9.96. The van der Waals surface area contributed by atoms with E-state index in [1.807, 2.05) is 18.2 Å². The van der Waals surface area contributed by atoms with Gasteiger partial charge in [-0.05, 0) is 54.3 Å². The molecule has 3 N–H and O–H groups in total. The first-order chi connectivity index (χ1) is 9.51. The van der Waals surface area contributed by atoms with Crippen molar-refractivity contribution in [2.75, 3.05) is 0 Å². The zero-order valence-electron chi connectivity index (χ0n) is 11.0. The van der Waals surface area contributed by atoms with Crippen LogP contribution < -0.4 is 11.3 Å². The summed E-state index contributed by atoms with van der Waals surface area (Å²) in [7, 11) is 0. The summed E-state index contributed by atoms with van der Waals surface area (Å²) >= 11 is 15.6. The molecule has 0 amide bonds. The van der Waals surface area contributed by atoms with Gasteiger partial charge in [0.15, 0.2) is 0 Å². The number of nitrogens with two attached hydrogens (primary N) is 1. The normalized spacial score (nSPS) is 12.4. The van der Waals surface area contributed by atoms with Gasteiger partial charge in [0, 0.05) is 14.5 Å². The van der Waals surface area contributed by atoms with Crippen LogP contribution in [-0.4, -0.2) is 0 Å². The van der Waals surface area contributed by atoms with E-state index in [9.17, 15) is 0 Å². The highest BCUT2D eigenvalue weighted by Gasteiger charge is 2.15. The molecule has 0 saturated heterocycles. The summed E-state index contributed by atoms with van der Waals surface area (Å²) in [6, 6.07) is 11.7. The van der Waals surface area contributed by atoms with Gasteiger partial charge >= 0.3 is 0 Å². The number of rotatable bonds is 4. The molecule has 0 aliphatic carbocycles. The first kappa shape index (κ1) is 15.8. The molecule has 0 aliphatic heterocycles. The summed E-state index contributed by atoms with van der Waals surface area (Å²) in [5, 5.41) is 1.29. The molecule has 2 aromatic rings. The van der Waals surface area contributed by atoms with Crippen LogP contribution in [0.15, 0.2) is 40.9 Å². The van der Waals surface area contributed by atoms with Gasteiger partial charge in [0.25, 0.3) is 0 Å². The Kier molecular flexibility index (Phi) is 5.47. The van der Waals surface area contributed by atoms with Gasteiger partial charge in [-0.15, -0.1) is 0 Å². The molecule has 20 heavy (non-hydrogen) atoms. The van der Waals surface area contributed by atoms with Crippen LogP contribution in [0.2, 0.25) is 10.0 Å². The lowest BCUT2D eigenvalue weighted by molar-refractivity contribution is 0.549. The minimum Gasteiger partial charge on any atom is -0.271 e. The van der Waals surface area contributed by atoms with Gasteiger partial charge in [0.2, 0.25) is 0 Å². The van der Waals surface area contributed by atoms with Crippen molar-refractivity contribution in [1.82, 2.24) is 5.43 Å². The van der Waals surface area contributed by atoms with E-state index in [1.165, 1.54) is 5.56 Å². The van der Waals surface area contributed by atoms with Crippen molar-refractivity contribution in [3.63, 3.8) is 0 Å². The number of halogens is 3. The number of hydrogen-bond donors (Lipinski definition) is 2. The third-order valence-electron chi connectivity index (χ3n) is 3.25. The molecule has 1 atom stereocenters. The fraction of sp³-hybridized carbons (Fsp3) is 0.200. The maximum atomic E-state index is 6.22. The van der Waals surface area contributed by atoms with E-state index in [4.69, 9.17) is 29.0 Å². The molecule has 2 nitrogen and oxygen atoms in total. The predicted molar refractivity (Wildman–Crippen MR) is 89.1 cm³/mol. The fourth-order valence-electron chi connectivity index (χ4n) is 2.20. The molecule has 0 aliphatic rings. The molecule has 0 bridgehead atoms. The van der Waals surface area contributed by atoms with Crippen LogP contribution in [0, 0.1) is 6.92 Å². The van der Waals surface area contributed by atoms with E-state index >= 15 is 0 Å². The van der Waals surface area contributed by atoms with E-state index in [0.29, 0.717) is 16.5 Å². The molecule has 5 heteroatoms. The summed E-state index contributed by atoms with van der Waals surface area (Å²) < 4.78 is 1.05. The molecule has 0 radical (unpaired) electrons. The first-order valence-corrected chi connectivity index (χ1v) is 7.72. The Morgan fingerprint density at radius 3 is 2.55 bits per heavy atom. The highest BCUT2D eigenvalue weighted by molar-refractivity contribution is 9.10. The largest absolute Gasteiger partial charge is 0.271 e.